The van der Waals surface area contributed by atoms with Gasteiger partial charge < -0.3 is 45.4 Å². The highest BCUT2D eigenvalue weighted by Gasteiger charge is 2.44. The number of carbonyl (C=O) groups excluding carboxylic acids is 1. The summed E-state index contributed by atoms with van der Waals surface area (Å²) in [7, 11) is 0. The summed E-state index contributed by atoms with van der Waals surface area (Å²) in [4.78, 5) is 13.0. The van der Waals surface area contributed by atoms with Gasteiger partial charge in [0.05, 0.1) is 25.4 Å². The second-order valence-corrected chi connectivity index (χ2v) is 15.6. The van der Waals surface area contributed by atoms with Crippen LogP contribution in [-0.2, 0) is 14.3 Å². The zero-order valence-corrected chi connectivity index (χ0v) is 34.3. The van der Waals surface area contributed by atoms with Gasteiger partial charge in [-0.3, -0.25) is 4.79 Å². The highest BCUT2D eigenvalue weighted by atomic mass is 16.7. The van der Waals surface area contributed by atoms with E-state index >= 15 is 0 Å². The van der Waals surface area contributed by atoms with E-state index < -0.39 is 61.5 Å². The first-order valence-electron chi connectivity index (χ1n) is 22.2. The normalized spacial score (nSPS) is 22.3. The number of allylic oxidation sites excluding steroid dienone is 3. The highest BCUT2D eigenvalue weighted by molar-refractivity contribution is 5.80. The van der Waals surface area contributed by atoms with Gasteiger partial charge in [0.1, 0.15) is 30.5 Å². The van der Waals surface area contributed by atoms with Crippen molar-refractivity contribution in [1.82, 2.24) is 5.32 Å². The van der Waals surface area contributed by atoms with Crippen molar-refractivity contribution in [3.63, 3.8) is 0 Å². The molecule has 1 rings (SSSR count). The number of hydrogen-bond donors (Lipinski definition) is 7. The molecule has 54 heavy (non-hydrogen) atoms. The third-order valence-corrected chi connectivity index (χ3v) is 10.6. The second-order valence-electron chi connectivity index (χ2n) is 15.6. The van der Waals surface area contributed by atoms with Gasteiger partial charge in [-0.2, -0.15) is 0 Å². The Morgan fingerprint density at radius 3 is 1.61 bits per heavy atom. The van der Waals surface area contributed by atoms with Gasteiger partial charge in [0, 0.05) is 0 Å². The SMILES string of the molecule is CCCCCCCCC/C=C\CC/C=C/C(O)C(COC1OC(CO)C(O)C(O)C1O)NC(=O)C(O)CCCCCCCCCCCCCCCCCC. The number of aliphatic hydroxyl groups excluding tert-OH is 6. The minimum atomic E-state index is -1.61. The summed E-state index contributed by atoms with van der Waals surface area (Å²) in [5.41, 5.74) is 0. The highest BCUT2D eigenvalue weighted by Crippen LogP contribution is 2.22. The Morgan fingerprint density at radius 1 is 0.630 bits per heavy atom. The molecule has 7 N–H and O–H groups in total. The summed E-state index contributed by atoms with van der Waals surface area (Å²) < 4.78 is 11.1. The lowest BCUT2D eigenvalue weighted by molar-refractivity contribution is -0.302. The van der Waals surface area contributed by atoms with Gasteiger partial charge >= 0.3 is 0 Å². The lowest BCUT2D eigenvalue weighted by Gasteiger charge is -2.40. The van der Waals surface area contributed by atoms with E-state index in [0.717, 1.165) is 32.1 Å². The molecule has 1 aliphatic rings. The number of nitrogens with one attached hydrogen (secondary N) is 1. The summed E-state index contributed by atoms with van der Waals surface area (Å²) in [5, 5.41) is 64.5. The smallest absolute Gasteiger partial charge is 0.249 e. The summed E-state index contributed by atoms with van der Waals surface area (Å²) >= 11 is 0. The number of carbonyl (C=O) groups is 1. The minimum absolute atomic E-state index is 0.307. The molecule has 0 aromatic rings. The molecular weight excluding hydrogens is 686 g/mol. The first-order chi connectivity index (χ1) is 26.3. The fourth-order valence-corrected chi connectivity index (χ4v) is 6.94. The molecule has 8 atom stereocenters. The lowest BCUT2D eigenvalue weighted by atomic mass is 9.99. The summed E-state index contributed by atoms with van der Waals surface area (Å²) in [6, 6.07) is -0.991. The van der Waals surface area contributed by atoms with E-state index in [-0.39, 0.29) is 6.61 Å². The van der Waals surface area contributed by atoms with Gasteiger partial charge in [0.25, 0.3) is 0 Å². The number of unbranched alkanes of at least 4 members (excludes halogenated alkanes) is 23. The molecule has 1 heterocycles. The minimum Gasteiger partial charge on any atom is -0.394 e. The van der Waals surface area contributed by atoms with Crippen LogP contribution >= 0.6 is 0 Å². The van der Waals surface area contributed by atoms with Crippen molar-refractivity contribution in [2.75, 3.05) is 13.2 Å². The van der Waals surface area contributed by atoms with Crippen molar-refractivity contribution in [3.05, 3.63) is 24.3 Å². The van der Waals surface area contributed by atoms with Gasteiger partial charge in [0.15, 0.2) is 6.29 Å². The number of ether oxygens (including phenoxy) is 2. The third-order valence-electron chi connectivity index (χ3n) is 10.6. The van der Waals surface area contributed by atoms with Crippen LogP contribution in [0.25, 0.3) is 0 Å². The Kier molecular flexibility index (Phi) is 32.7. The van der Waals surface area contributed by atoms with Gasteiger partial charge in [-0.15, -0.1) is 0 Å². The molecule has 0 saturated carbocycles. The lowest BCUT2D eigenvalue weighted by Crippen LogP contribution is -2.60. The van der Waals surface area contributed by atoms with Crippen LogP contribution in [0.5, 0.6) is 0 Å². The van der Waals surface area contributed by atoms with Crippen LogP contribution in [0, 0.1) is 0 Å². The van der Waals surface area contributed by atoms with Crippen LogP contribution in [0.3, 0.4) is 0 Å². The van der Waals surface area contributed by atoms with Gasteiger partial charge in [0.2, 0.25) is 5.91 Å². The monoisotopic (exact) mass is 770 g/mol. The molecule has 1 saturated heterocycles. The van der Waals surface area contributed by atoms with Crippen molar-refractivity contribution >= 4 is 5.91 Å². The summed E-state index contributed by atoms with van der Waals surface area (Å²) in [6.07, 6.45) is 29.8. The average molecular weight is 770 g/mol. The zero-order valence-electron chi connectivity index (χ0n) is 34.3. The maximum absolute atomic E-state index is 13.0. The van der Waals surface area contributed by atoms with E-state index in [4.69, 9.17) is 9.47 Å². The molecule has 0 aromatic heterocycles. The molecule has 0 radical (unpaired) electrons. The van der Waals surface area contributed by atoms with Crippen LogP contribution < -0.4 is 5.32 Å². The second kappa shape index (κ2) is 34.8. The predicted octanol–water partition coefficient (Wildman–Crippen LogP) is 7.69. The molecule has 0 bridgehead atoms. The van der Waals surface area contributed by atoms with E-state index in [0.29, 0.717) is 19.3 Å². The van der Waals surface area contributed by atoms with Crippen LogP contribution in [-0.4, -0.2) is 98.7 Å². The fraction of sp³-hybridized carbons (Fsp3) is 0.886. The quantitative estimate of drug-likeness (QED) is 0.0250. The molecule has 1 fully saturated rings. The molecular formula is C44H83NO9. The molecule has 10 nitrogen and oxygen atoms in total. The summed E-state index contributed by atoms with van der Waals surface area (Å²) in [5.74, 6) is -0.626. The first-order valence-corrected chi connectivity index (χ1v) is 22.2. The van der Waals surface area contributed by atoms with Crippen LogP contribution in [0.15, 0.2) is 24.3 Å². The Balaban J connectivity index is 2.45. The molecule has 0 spiro atoms. The fourth-order valence-electron chi connectivity index (χ4n) is 6.94. The van der Waals surface area contributed by atoms with Crippen molar-refractivity contribution in [2.24, 2.45) is 0 Å². The van der Waals surface area contributed by atoms with E-state index in [2.05, 4.69) is 31.3 Å². The Bertz CT molecular complexity index is 916. The van der Waals surface area contributed by atoms with Gasteiger partial charge in [-0.25, -0.2) is 0 Å². The van der Waals surface area contributed by atoms with Crippen LogP contribution in [0.1, 0.15) is 187 Å². The van der Waals surface area contributed by atoms with E-state index in [1.807, 2.05) is 6.08 Å². The Hall–Kier alpha value is -1.37. The molecule has 8 unspecified atom stereocenters. The van der Waals surface area contributed by atoms with Crippen LogP contribution in [0.2, 0.25) is 0 Å². The number of rotatable bonds is 36. The third kappa shape index (κ3) is 25.0. The molecule has 10 heteroatoms. The number of amides is 1. The number of aliphatic hydroxyl groups is 6. The van der Waals surface area contributed by atoms with E-state index in [1.54, 1.807) is 6.08 Å². The van der Waals surface area contributed by atoms with E-state index in [9.17, 15) is 35.4 Å². The molecule has 1 aliphatic heterocycles. The standard InChI is InChI=1S/C44H83NO9/c1-3-5-7-9-11-13-15-17-18-19-21-23-25-27-29-31-33-38(48)43(52)45-36(35-53-44-42(51)41(50)40(49)39(34-46)54-44)37(47)32-30-28-26-24-22-20-16-14-12-10-8-6-4-2/h22,24,30,32,36-42,44,46-51H,3-21,23,25-29,31,33-35H2,1-2H3,(H,45,52)/b24-22-,32-30+. The predicted molar refractivity (Wildman–Crippen MR) is 218 cm³/mol. The van der Waals surface area contributed by atoms with Crippen molar-refractivity contribution in [3.8, 4) is 0 Å². The maximum Gasteiger partial charge on any atom is 0.249 e. The largest absolute Gasteiger partial charge is 0.394 e. The van der Waals surface area contributed by atoms with Gasteiger partial charge in [-0.1, -0.05) is 179 Å². The van der Waals surface area contributed by atoms with Crippen molar-refractivity contribution < 1.29 is 44.9 Å². The van der Waals surface area contributed by atoms with Crippen LogP contribution in [0.4, 0.5) is 0 Å². The molecule has 0 aromatic carbocycles. The first kappa shape index (κ1) is 50.6. The zero-order chi connectivity index (χ0) is 39.7. The molecule has 0 aliphatic carbocycles. The van der Waals surface area contributed by atoms with Crippen molar-refractivity contribution in [1.29, 1.82) is 0 Å². The maximum atomic E-state index is 13.0. The topological polar surface area (TPSA) is 169 Å². The Morgan fingerprint density at radius 2 is 1.09 bits per heavy atom. The van der Waals surface area contributed by atoms with Crippen molar-refractivity contribution in [2.45, 2.75) is 236 Å². The van der Waals surface area contributed by atoms with Gasteiger partial charge in [-0.05, 0) is 32.1 Å². The summed E-state index contributed by atoms with van der Waals surface area (Å²) in [6.45, 7) is 3.57. The average Bonchev–Trinajstić information content (AvgIpc) is 3.17. The number of hydrogen-bond acceptors (Lipinski definition) is 9. The molecule has 1 amide bonds. The molecule has 318 valence electrons. The Labute approximate surface area is 329 Å². The van der Waals surface area contributed by atoms with E-state index in [1.165, 1.54) is 122 Å².